The van der Waals surface area contributed by atoms with Crippen LogP contribution in [-0.4, -0.2) is 24.3 Å². The zero-order chi connectivity index (χ0) is 13.7. The summed E-state index contributed by atoms with van der Waals surface area (Å²) >= 11 is 0. The highest BCUT2D eigenvalue weighted by Gasteiger charge is 2.16. The summed E-state index contributed by atoms with van der Waals surface area (Å²) in [6, 6.07) is 2.70. The van der Waals surface area contributed by atoms with Crippen molar-refractivity contribution >= 4 is 0 Å². The first-order valence-electron chi connectivity index (χ1n) is 7.65. The molecule has 0 amide bonds. The molecule has 0 spiro atoms. The third-order valence-electron chi connectivity index (χ3n) is 4.08. The van der Waals surface area contributed by atoms with Crippen molar-refractivity contribution in [3.05, 3.63) is 24.0 Å². The lowest BCUT2D eigenvalue weighted by atomic mass is 9.99. The van der Waals surface area contributed by atoms with Crippen LogP contribution in [-0.2, 0) is 11.3 Å². The van der Waals surface area contributed by atoms with Gasteiger partial charge in [-0.1, -0.05) is 13.8 Å². The molecule has 3 heteroatoms. The minimum atomic E-state index is 0.458. The molecule has 19 heavy (non-hydrogen) atoms. The lowest BCUT2D eigenvalue weighted by Crippen LogP contribution is -2.21. The lowest BCUT2D eigenvalue weighted by molar-refractivity contribution is 0.101. The lowest BCUT2D eigenvalue weighted by Gasteiger charge is -2.18. The molecule has 0 bridgehead atoms. The minimum absolute atomic E-state index is 0.458. The van der Waals surface area contributed by atoms with Crippen molar-refractivity contribution in [1.82, 2.24) is 9.88 Å². The van der Waals surface area contributed by atoms with Crippen LogP contribution in [0, 0.1) is 5.92 Å². The van der Waals surface area contributed by atoms with Gasteiger partial charge in [0, 0.05) is 31.6 Å². The van der Waals surface area contributed by atoms with Gasteiger partial charge in [-0.05, 0) is 50.3 Å². The summed E-state index contributed by atoms with van der Waals surface area (Å²) < 4.78 is 7.98. The summed E-state index contributed by atoms with van der Waals surface area (Å²) in [6.45, 7) is 6.59. The van der Waals surface area contributed by atoms with Gasteiger partial charge in [-0.2, -0.15) is 0 Å². The van der Waals surface area contributed by atoms with E-state index in [1.807, 2.05) is 7.05 Å². The van der Waals surface area contributed by atoms with Crippen LogP contribution in [0.25, 0.3) is 0 Å². The summed E-state index contributed by atoms with van der Waals surface area (Å²) in [5.74, 6) is 0.618. The van der Waals surface area contributed by atoms with Crippen LogP contribution in [0.4, 0.5) is 0 Å². The molecule has 2 heterocycles. The maximum Gasteiger partial charge on any atom is 0.0576 e. The summed E-state index contributed by atoms with van der Waals surface area (Å²) in [6.07, 6.45) is 9.94. The largest absolute Gasteiger partial charge is 0.378 e. The van der Waals surface area contributed by atoms with Gasteiger partial charge in [0.05, 0.1) is 6.10 Å². The van der Waals surface area contributed by atoms with Crippen LogP contribution in [0.5, 0.6) is 0 Å². The van der Waals surface area contributed by atoms with E-state index in [1.165, 1.54) is 31.2 Å². The summed E-state index contributed by atoms with van der Waals surface area (Å²) in [5, 5.41) is 3.40. The Morgan fingerprint density at radius 1 is 1.47 bits per heavy atom. The molecule has 1 fully saturated rings. The fourth-order valence-electron chi connectivity index (χ4n) is 3.04. The van der Waals surface area contributed by atoms with Crippen LogP contribution < -0.4 is 5.32 Å². The fraction of sp³-hybridized carbons (Fsp3) is 0.750. The van der Waals surface area contributed by atoms with Crippen LogP contribution in [0.3, 0.4) is 0 Å². The molecular weight excluding hydrogens is 236 g/mol. The van der Waals surface area contributed by atoms with Crippen LogP contribution >= 0.6 is 0 Å². The second kappa shape index (κ2) is 7.11. The Hall–Kier alpha value is -0.800. The second-order valence-corrected chi connectivity index (χ2v) is 5.97. The van der Waals surface area contributed by atoms with Gasteiger partial charge < -0.3 is 14.6 Å². The Labute approximate surface area is 117 Å². The zero-order valence-electron chi connectivity index (χ0n) is 12.6. The molecule has 0 radical (unpaired) electrons. The molecule has 1 aliphatic heterocycles. The van der Waals surface area contributed by atoms with Gasteiger partial charge in [0.2, 0.25) is 0 Å². The summed E-state index contributed by atoms with van der Waals surface area (Å²) in [5.41, 5.74) is 1.40. The molecule has 2 rings (SSSR count). The molecule has 2 unspecified atom stereocenters. The highest BCUT2D eigenvalue weighted by atomic mass is 16.5. The molecule has 1 aromatic heterocycles. The van der Waals surface area contributed by atoms with Crippen molar-refractivity contribution in [1.29, 1.82) is 0 Å². The predicted molar refractivity (Wildman–Crippen MR) is 79.3 cm³/mol. The molecule has 0 aliphatic carbocycles. The standard InChI is InChI=1S/C16H28N2O/c1-13(2)16(17-3)14-8-10-18(12-14)9-4-6-15-7-5-11-19-15/h8,10,12-13,15-17H,4-7,9,11H2,1-3H3. The van der Waals surface area contributed by atoms with E-state index in [0.717, 1.165) is 13.2 Å². The number of ether oxygens (including phenoxy) is 1. The summed E-state index contributed by atoms with van der Waals surface area (Å²) in [4.78, 5) is 0. The maximum atomic E-state index is 5.66. The number of hydrogen-bond acceptors (Lipinski definition) is 2. The normalized spacial score (nSPS) is 21.2. The third-order valence-corrected chi connectivity index (χ3v) is 4.08. The van der Waals surface area contributed by atoms with E-state index >= 15 is 0 Å². The topological polar surface area (TPSA) is 26.2 Å². The average Bonchev–Trinajstić information content (AvgIpc) is 3.02. The van der Waals surface area contributed by atoms with Crippen LogP contribution in [0.1, 0.15) is 51.1 Å². The van der Waals surface area contributed by atoms with Crippen molar-refractivity contribution in [2.45, 2.75) is 58.2 Å². The van der Waals surface area contributed by atoms with E-state index in [9.17, 15) is 0 Å². The molecule has 1 saturated heterocycles. The Morgan fingerprint density at radius 3 is 2.95 bits per heavy atom. The molecule has 3 nitrogen and oxygen atoms in total. The number of rotatable bonds is 7. The van der Waals surface area contributed by atoms with Gasteiger partial charge in [-0.3, -0.25) is 0 Å². The molecule has 1 aliphatic rings. The highest BCUT2D eigenvalue weighted by molar-refractivity contribution is 5.16. The first-order chi connectivity index (χ1) is 9.20. The van der Waals surface area contributed by atoms with Crippen LogP contribution in [0.2, 0.25) is 0 Å². The third kappa shape index (κ3) is 4.08. The van der Waals surface area contributed by atoms with E-state index in [-0.39, 0.29) is 0 Å². The van der Waals surface area contributed by atoms with Crippen molar-refractivity contribution in [2.24, 2.45) is 5.92 Å². The van der Waals surface area contributed by atoms with Crippen molar-refractivity contribution in [3.63, 3.8) is 0 Å². The number of aryl methyl sites for hydroxylation is 1. The van der Waals surface area contributed by atoms with E-state index in [0.29, 0.717) is 18.1 Å². The molecule has 108 valence electrons. The fourth-order valence-corrected chi connectivity index (χ4v) is 3.04. The highest BCUT2D eigenvalue weighted by Crippen LogP contribution is 2.22. The van der Waals surface area contributed by atoms with Gasteiger partial charge in [0.25, 0.3) is 0 Å². The van der Waals surface area contributed by atoms with Crippen molar-refractivity contribution in [2.75, 3.05) is 13.7 Å². The zero-order valence-corrected chi connectivity index (χ0v) is 12.6. The summed E-state index contributed by atoms with van der Waals surface area (Å²) in [7, 11) is 2.04. The van der Waals surface area contributed by atoms with Crippen LogP contribution in [0.15, 0.2) is 18.5 Å². The quantitative estimate of drug-likeness (QED) is 0.817. The molecule has 1 N–H and O–H groups in total. The maximum absolute atomic E-state index is 5.66. The molecular formula is C16H28N2O. The number of aromatic nitrogens is 1. The Morgan fingerprint density at radius 2 is 2.32 bits per heavy atom. The first-order valence-corrected chi connectivity index (χ1v) is 7.65. The Balaban J connectivity index is 1.79. The SMILES string of the molecule is CNC(c1ccn(CCCC2CCCO2)c1)C(C)C. The average molecular weight is 264 g/mol. The van der Waals surface area contributed by atoms with E-state index in [4.69, 9.17) is 4.74 Å². The van der Waals surface area contributed by atoms with E-state index in [2.05, 4.69) is 42.2 Å². The van der Waals surface area contributed by atoms with Gasteiger partial charge in [-0.25, -0.2) is 0 Å². The Bertz CT molecular complexity index is 367. The second-order valence-electron chi connectivity index (χ2n) is 5.97. The number of hydrogen-bond donors (Lipinski definition) is 1. The smallest absolute Gasteiger partial charge is 0.0576 e. The van der Waals surface area contributed by atoms with E-state index in [1.54, 1.807) is 0 Å². The predicted octanol–water partition coefficient (Wildman–Crippen LogP) is 3.36. The van der Waals surface area contributed by atoms with Gasteiger partial charge in [0.15, 0.2) is 0 Å². The van der Waals surface area contributed by atoms with Gasteiger partial charge in [-0.15, -0.1) is 0 Å². The van der Waals surface area contributed by atoms with Gasteiger partial charge >= 0.3 is 0 Å². The molecule has 2 atom stereocenters. The first kappa shape index (κ1) is 14.6. The molecule has 1 aromatic rings. The van der Waals surface area contributed by atoms with Crippen molar-refractivity contribution in [3.8, 4) is 0 Å². The Kier molecular flexibility index (Phi) is 5.46. The monoisotopic (exact) mass is 264 g/mol. The number of nitrogens with one attached hydrogen (secondary N) is 1. The minimum Gasteiger partial charge on any atom is -0.378 e. The van der Waals surface area contributed by atoms with Crippen molar-refractivity contribution < 1.29 is 4.74 Å². The molecule has 0 saturated carbocycles. The van der Waals surface area contributed by atoms with Gasteiger partial charge in [0.1, 0.15) is 0 Å². The molecule has 0 aromatic carbocycles. The number of nitrogens with zero attached hydrogens (tertiary/aromatic N) is 1. The van der Waals surface area contributed by atoms with E-state index < -0.39 is 0 Å².